The Kier molecular flexibility index (Phi) is 4.66. The van der Waals surface area contributed by atoms with E-state index >= 15 is 0 Å². The highest BCUT2D eigenvalue weighted by Crippen LogP contribution is 2.21. The summed E-state index contributed by atoms with van der Waals surface area (Å²) in [5.41, 5.74) is 4.37. The van der Waals surface area contributed by atoms with Gasteiger partial charge in [0.1, 0.15) is 5.56 Å². The Morgan fingerprint density at radius 3 is 2.87 bits per heavy atom. The van der Waals surface area contributed by atoms with Crippen LogP contribution in [0.15, 0.2) is 53.6 Å². The number of hydrogen-bond donors (Lipinski definition) is 2. The number of benzene rings is 1. The lowest BCUT2D eigenvalue weighted by atomic mass is 9.98. The maximum atomic E-state index is 12.7. The van der Waals surface area contributed by atoms with Gasteiger partial charge in [-0.2, -0.15) is 5.10 Å². The number of aryl methyl sites for hydroxylation is 3. The molecule has 0 radical (unpaired) electrons. The lowest BCUT2D eigenvalue weighted by Gasteiger charge is -2.13. The van der Waals surface area contributed by atoms with Crippen molar-refractivity contribution in [3.05, 3.63) is 81.7 Å². The van der Waals surface area contributed by atoms with Gasteiger partial charge in [0.2, 0.25) is 0 Å². The summed E-state index contributed by atoms with van der Waals surface area (Å²) in [7, 11) is 0. The molecule has 30 heavy (non-hydrogen) atoms. The molecule has 3 heterocycles. The molecular weight excluding hydrogens is 380 g/mol. The third kappa shape index (κ3) is 3.41. The highest BCUT2D eigenvalue weighted by molar-refractivity contribution is 6.08. The van der Waals surface area contributed by atoms with E-state index in [9.17, 15) is 9.59 Å². The van der Waals surface area contributed by atoms with Crippen LogP contribution in [0.1, 0.15) is 40.2 Å². The number of amides is 1. The summed E-state index contributed by atoms with van der Waals surface area (Å²) in [6.07, 6.45) is 8.58. The van der Waals surface area contributed by atoms with Gasteiger partial charge in [0, 0.05) is 36.6 Å². The smallest absolute Gasteiger partial charge is 0.272 e. The summed E-state index contributed by atoms with van der Waals surface area (Å²) in [6.45, 7) is 0.661. The van der Waals surface area contributed by atoms with E-state index in [-0.39, 0.29) is 11.5 Å². The van der Waals surface area contributed by atoms with E-state index in [1.165, 1.54) is 40.9 Å². The quantitative estimate of drug-likeness (QED) is 0.536. The molecule has 0 fully saturated rings. The van der Waals surface area contributed by atoms with Crippen LogP contribution in [0.5, 0.6) is 0 Å². The van der Waals surface area contributed by atoms with E-state index in [4.69, 9.17) is 0 Å². The highest BCUT2D eigenvalue weighted by Gasteiger charge is 2.17. The monoisotopic (exact) mass is 402 g/mol. The molecule has 5 rings (SSSR count). The van der Waals surface area contributed by atoms with Gasteiger partial charge in [-0.25, -0.2) is 9.50 Å². The molecule has 1 aromatic carbocycles. The Morgan fingerprint density at radius 1 is 1.17 bits per heavy atom. The molecule has 0 aliphatic heterocycles. The van der Waals surface area contributed by atoms with Crippen molar-refractivity contribution >= 4 is 17.2 Å². The molecule has 1 aliphatic carbocycles. The number of para-hydroxylation sites is 1. The summed E-state index contributed by atoms with van der Waals surface area (Å²) >= 11 is 0. The molecule has 4 aromatic rings. The maximum absolute atomic E-state index is 12.7. The fourth-order valence-corrected chi connectivity index (χ4v) is 4.01. The molecule has 8 heteroatoms. The molecule has 3 aromatic heterocycles. The number of anilines is 1. The molecule has 0 saturated carbocycles. The number of aromatic amines is 1. The van der Waals surface area contributed by atoms with E-state index in [0.717, 1.165) is 12.8 Å². The first-order valence-corrected chi connectivity index (χ1v) is 10.2. The Labute approximate surface area is 172 Å². The minimum absolute atomic E-state index is 0.240. The summed E-state index contributed by atoms with van der Waals surface area (Å²) in [5, 5.41) is 10.2. The van der Waals surface area contributed by atoms with Crippen LogP contribution in [0, 0.1) is 0 Å². The molecule has 0 saturated heterocycles. The normalized spacial score (nSPS) is 13.3. The molecule has 1 aliphatic rings. The van der Waals surface area contributed by atoms with E-state index in [1.807, 2.05) is 41.2 Å². The first-order chi connectivity index (χ1) is 14.7. The van der Waals surface area contributed by atoms with Gasteiger partial charge < -0.3 is 5.32 Å². The van der Waals surface area contributed by atoms with Crippen molar-refractivity contribution in [2.75, 3.05) is 5.32 Å². The number of nitrogens with one attached hydrogen (secondary N) is 2. The molecule has 2 N–H and O–H groups in total. The Balaban J connectivity index is 1.40. The molecule has 0 unspecified atom stereocenters. The topological polar surface area (TPSA) is 97.1 Å². The van der Waals surface area contributed by atoms with Gasteiger partial charge in [-0.1, -0.05) is 18.2 Å². The average molecular weight is 402 g/mol. The van der Waals surface area contributed by atoms with Crippen LogP contribution < -0.4 is 10.9 Å². The zero-order chi connectivity index (χ0) is 20.5. The number of fused-ring (bicyclic) bond motifs is 2. The van der Waals surface area contributed by atoms with E-state index < -0.39 is 0 Å². The fourth-order valence-electron chi connectivity index (χ4n) is 4.01. The Hall–Kier alpha value is -3.68. The summed E-state index contributed by atoms with van der Waals surface area (Å²) in [4.78, 5) is 29.8. The van der Waals surface area contributed by atoms with Crippen molar-refractivity contribution in [1.29, 1.82) is 0 Å². The summed E-state index contributed by atoms with van der Waals surface area (Å²) in [5.74, 6) is -0.315. The predicted molar refractivity (Wildman–Crippen MR) is 113 cm³/mol. The van der Waals surface area contributed by atoms with Crippen molar-refractivity contribution in [2.45, 2.75) is 38.6 Å². The Bertz CT molecular complexity index is 1270. The lowest BCUT2D eigenvalue weighted by molar-refractivity contribution is 0.102. The average Bonchev–Trinajstić information content (AvgIpc) is 3.37. The zero-order valence-electron chi connectivity index (χ0n) is 16.5. The van der Waals surface area contributed by atoms with Gasteiger partial charge in [0.05, 0.1) is 11.9 Å². The third-order valence-corrected chi connectivity index (χ3v) is 5.55. The van der Waals surface area contributed by atoms with Crippen molar-refractivity contribution in [1.82, 2.24) is 24.4 Å². The SMILES string of the molecule is O=C(Nc1ccccc1)c1c[nH]n2c(=O)cc(CCn3ncc4c3CCCC4)nc12. The predicted octanol–water partition coefficient (Wildman–Crippen LogP) is 2.59. The van der Waals surface area contributed by atoms with E-state index in [1.54, 1.807) is 0 Å². The van der Waals surface area contributed by atoms with Gasteiger partial charge in [-0.3, -0.25) is 19.4 Å². The van der Waals surface area contributed by atoms with Crippen LogP contribution in [-0.4, -0.2) is 30.3 Å². The standard InChI is InChI=1S/C22H22N6O2/c29-20-12-17(10-11-27-19-9-5-4-6-15(19)13-23-27)25-21-18(14-24-28(20)21)22(30)26-16-7-2-1-3-8-16/h1-3,7-8,12-14,24H,4-6,9-11H2,(H,26,30). The number of carbonyl (C=O) groups is 1. The Morgan fingerprint density at radius 2 is 2.00 bits per heavy atom. The summed E-state index contributed by atoms with van der Waals surface area (Å²) < 4.78 is 3.32. The first kappa shape index (κ1) is 18.4. The van der Waals surface area contributed by atoms with E-state index in [0.29, 0.717) is 35.6 Å². The van der Waals surface area contributed by atoms with Gasteiger partial charge in [0.15, 0.2) is 5.65 Å². The molecule has 0 spiro atoms. The molecular formula is C22H22N6O2. The van der Waals surface area contributed by atoms with Crippen molar-refractivity contribution in [2.24, 2.45) is 0 Å². The molecule has 1 amide bonds. The molecule has 0 bridgehead atoms. The minimum atomic E-state index is -0.315. The van der Waals surface area contributed by atoms with Crippen molar-refractivity contribution < 1.29 is 4.79 Å². The second kappa shape index (κ2) is 7.62. The van der Waals surface area contributed by atoms with Crippen LogP contribution in [-0.2, 0) is 25.8 Å². The van der Waals surface area contributed by atoms with Crippen molar-refractivity contribution in [3.63, 3.8) is 0 Å². The second-order valence-corrected chi connectivity index (χ2v) is 7.55. The third-order valence-electron chi connectivity index (χ3n) is 5.55. The zero-order valence-corrected chi connectivity index (χ0v) is 16.5. The fraction of sp³-hybridized carbons (Fsp3) is 0.273. The lowest BCUT2D eigenvalue weighted by Crippen LogP contribution is -2.19. The maximum Gasteiger partial charge on any atom is 0.272 e. The number of rotatable bonds is 5. The minimum Gasteiger partial charge on any atom is -0.322 e. The van der Waals surface area contributed by atoms with Gasteiger partial charge >= 0.3 is 0 Å². The number of hydrogen-bond acceptors (Lipinski definition) is 4. The van der Waals surface area contributed by atoms with Crippen molar-refractivity contribution in [3.8, 4) is 0 Å². The van der Waals surface area contributed by atoms with Gasteiger partial charge in [-0.15, -0.1) is 0 Å². The van der Waals surface area contributed by atoms with Crippen LogP contribution >= 0.6 is 0 Å². The van der Waals surface area contributed by atoms with Crippen LogP contribution in [0.25, 0.3) is 5.65 Å². The number of aromatic nitrogens is 5. The molecule has 152 valence electrons. The first-order valence-electron chi connectivity index (χ1n) is 10.2. The second-order valence-electron chi connectivity index (χ2n) is 7.55. The number of carbonyl (C=O) groups excluding carboxylic acids is 1. The largest absolute Gasteiger partial charge is 0.322 e. The van der Waals surface area contributed by atoms with Crippen LogP contribution in [0.2, 0.25) is 0 Å². The molecule has 0 atom stereocenters. The van der Waals surface area contributed by atoms with Gasteiger partial charge in [-0.05, 0) is 43.4 Å². The molecule has 8 nitrogen and oxygen atoms in total. The highest BCUT2D eigenvalue weighted by atomic mass is 16.2. The van der Waals surface area contributed by atoms with Gasteiger partial charge in [0.25, 0.3) is 11.5 Å². The summed E-state index contributed by atoms with van der Waals surface area (Å²) in [6, 6.07) is 10.7. The van der Waals surface area contributed by atoms with E-state index in [2.05, 4.69) is 20.5 Å². The van der Waals surface area contributed by atoms with Crippen LogP contribution in [0.4, 0.5) is 5.69 Å². The van der Waals surface area contributed by atoms with Crippen LogP contribution in [0.3, 0.4) is 0 Å². The number of nitrogens with zero attached hydrogens (tertiary/aromatic N) is 4. The number of H-pyrrole nitrogens is 1.